The fourth-order valence-corrected chi connectivity index (χ4v) is 3.41. The molecule has 0 bridgehead atoms. The lowest BCUT2D eigenvalue weighted by Crippen LogP contribution is -2.05. The van der Waals surface area contributed by atoms with Crippen molar-refractivity contribution in [2.45, 2.75) is 11.0 Å². The largest absolute Gasteiger partial charge is 0.497 e. The summed E-state index contributed by atoms with van der Waals surface area (Å²) < 4.78 is 10.9. The molecule has 0 spiro atoms. The highest BCUT2D eigenvalue weighted by atomic mass is 32.2. The van der Waals surface area contributed by atoms with E-state index >= 15 is 0 Å². The number of pyridine rings is 1. The monoisotopic (exact) mass is 365 g/mol. The van der Waals surface area contributed by atoms with Crippen molar-refractivity contribution in [3.63, 3.8) is 0 Å². The van der Waals surface area contributed by atoms with E-state index in [1.807, 2.05) is 48.5 Å². The Balaban J connectivity index is 1.54. The van der Waals surface area contributed by atoms with Gasteiger partial charge in [0.2, 0.25) is 11.4 Å². The molecule has 0 aliphatic carbocycles. The Morgan fingerprint density at radius 2 is 1.92 bits per heavy atom. The molecular weight excluding hydrogens is 350 g/mol. The topological polar surface area (TPSA) is 81.0 Å². The number of rotatable bonds is 5. The van der Waals surface area contributed by atoms with E-state index in [9.17, 15) is 4.79 Å². The molecular formula is C19H15N3O3S. The molecule has 6 nitrogen and oxygen atoms in total. The Hall–Kier alpha value is -3.06. The van der Waals surface area contributed by atoms with E-state index in [1.165, 1.54) is 11.8 Å². The van der Waals surface area contributed by atoms with Crippen LogP contribution in [-0.4, -0.2) is 22.3 Å². The molecule has 0 amide bonds. The molecule has 130 valence electrons. The summed E-state index contributed by atoms with van der Waals surface area (Å²) in [4.78, 5) is 14.7. The predicted octanol–water partition coefficient (Wildman–Crippen LogP) is 3.88. The number of fused-ring (bicyclic) bond motifs is 1. The lowest BCUT2D eigenvalue weighted by atomic mass is 10.1. The van der Waals surface area contributed by atoms with E-state index in [0.29, 0.717) is 16.9 Å². The van der Waals surface area contributed by atoms with Crippen molar-refractivity contribution < 1.29 is 9.15 Å². The number of hydrogen-bond donors (Lipinski definition) is 1. The van der Waals surface area contributed by atoms with Crippen molar-refractivity contribution in [1.29, 1.82) is 0 Å². The Bertz CT molecular complexity index is 1100. The van der Waals surface area contributed by atoms with Crippen LogP contribution in [0.5, 0.6) is 5.75 Å². The summed E-state index contributed by atoms with van der Waals surface area (Å²) in [5.41, 5.74) is 2.45. The zero-order valence-corrected chi connectivity index (χ0v) is 14.7. The van der Waals surface area contributed by atoms with Gasteiger partial charge in [0.15, 0.2) is 0 Å². The van der Waals surface area contributed by atoms with Gasteiger partial charge in [-0.1, -0.05) is 30.0 Å². The number of hydrogen-bond acceptors (Lipinski definition) is 6. The van der Waals surface area contributed by atoms with Crippen molar-refractivity contribution in [3.05, 3.63) is 70.5 Å². The number of nitrogens with zero attached hydrogens (tertiary/aromatic N) is 2. The summed E-state index contributed by atoms with van der Waals surface area (Å²) >= 11 is 1.40. The SMILES string of the molecule is COc1ccc(-c2nnc(SCc3cc(=O)[nH]c4ccccc34)o2)cc1. The van der Waals surface area contributed by atoms with E-state index in [4.69, 9.17) is 9.15 Å². The van der Waals surface area contributed by atoms with Gasteiger partial charge in [-0.25, -0.2) is 0 Å². The van der Waals surface area contributed by atoms with Gasteiger partial charge < -0.3 is 14.1 Å². The van der Waals surface area contributed by atoms with Gasteiger partial charge >= 0.3 is 0 Å². The Morgan fingerprint density at radius 1 is 1.12 bits per heavy atom. The van der Waals surface area contributed by atoms with Crippen LogP contribution in [0.2, 0.25) is 0 Å². The molecule has 7 heteroatoms. The first-order valence-corrected chi connectivity index (χ1v) is 8.93. The smallest absolute Gasteiger partial charge is 0.277 e. The molecule has 1 N–H and O–H groups in total. The number of H-pyrrole nitrogens is 1. The number of thioether (sulfide) groups is 1. The molecule has 0 fully saturated rings. The Labute approximate surface area is 153 Å². The Kier molecular flexibility index (Phi) is 4.45. The van der Waals surface area contributed by atoms with Gasteiger partial charge in [-0.05, 0) is 35.9 Å². The van der Waals surface area contributed by atoms with E-state index in [1.54, 1.807) is 13.2 Å². The minimum atomic E-state index is -0.122. The summed E-state index contributed by atoms with van der Waals surface area (Å²) in [6, 6.07) is 16.7. The molecule has 2 heterocycles. The maximum atomic E-state index is 11.8. The van der Waals surface area contributed by atoms with Gasteiger partial charge in [-0.2, -0.15) is 0 Å². The lowest BCUT2D eigenvalue weighted by molar-refractivity contribution is 0.414. The van der Waals surface area contributed by atoms with Gasteiger partial charge in [0.05, 0.1) is 7.11 Å². The van der Waals surface area contributed by atoms with Gasteiger partial charge in [0.1, 0.15) is 5.75 Å². The normalized spacial score (nSPS) is 11.0. The maximum Gasteiger partial charge on any atom is 0.277 e. The minimum Gasteiger partial charge on any atom is -0.497 e. The van der Waals surface area contributed by atoms with Crippen molar-refractivity contribution in [2.24, 2.45) is 0 Å². The minimum absolute atomic E-state index is 0.122. The van der Waals surface area contributed by atoms with Crippen LogP contribution < -0.4 is 10.3 Å². The summed E-state index contributed by atoms with van der Waals surface area (Å²) in [6.45, 7) is 0. The third-order valence-corrected chi connectivity index (χ3v) is 4.80. The van der Waals surface area contributed by atoms with Crippen LogP contribution in [0, 0.1) is 0 Å². The molecule has 0 unspecified atom stereocenters. The van der Waals surface area contributed by atoms with Crippen molar-refractivity contribution >= 4 is 22.7 Å². The first kappa shape index (κ1) is 16.4. The zero-order valence-electron chi connectivity index (χ0n) is 13.9. The average molecular weight is 365 g/mol. The molecule has 0 saturated heterocycles. The van der Waals surface area contributed by atoms with Crippen molar-refractivity contribution in [2.75, 3.05) is 7.11 Å². The summed E-state index contributed by atoms with van der Waals surface area (Å²) in [7, 11) is 1.62. The first-order valence-electron chi connectivity index (χ1n) is 7.94. The molecule has 0 radical (unpaired) electrons. The van der Waals surface area contributed by atoms with Crippen LogP contribution in [0.15, 0.2) is 69.0 Å². The van der Waals surface area contributed by atoms with E-state index < -0.39 is 0 Å². The number of benzene rings is 2. The fraction of sp³-hybridized carbons (Fsp3) is 0.105. The third kappa shape index (κ3) is 3.34. The molecule has 0 aliphatic rings. The van der Waals surface area contributed by atoms with E-state index in [2.05, 4.69) is 15.2 Å². The Morgan fingerprint density at radius 3 is 2.73 bits per heavy atom. The summed E-state index contributed by atoms with van der Waals surface area (Å²) in [5, 5.41) is 9.64. The molecule has 2 aromatic heterocycles. The van der Waals surface area contributed by atoms with E-state index in [-0.39, 0.29) is 5.56 Å². The number of aromatic amines is 1. The van der Waals surface area contributed by atoms with Crippen LogP contribution in [0.4, 0.5) is 0 Å². The lowest BCUT2D eigenvalue weighted by Gasteiger charge is -2.04. The quantitative estimate of drug-likeness (QED) is 0.541. The number of nitrogens with one attached hydrogen (secondary N) is 1. The molecule has 0 atom stereocenters. The number of para-hydroxylation sites is 1. The standard InChI is InChI=1S/C19H15N3O3S/c1-24-14-8-6-12(7-9-14)18-21-22-19(25-18)26-11-13-10-17(23)20-16-5-3-2-4-15(13)16/h2-10H,11H2,1H3,(H,20,23). The van der Waals surface area contributed by atoms with E-state index in [0.717, 1.165) is 27.8 Å². The van der Waals surface area contributed by atoms with Gasteiger partial charge in [-0.15, -0.1) is 10.2 Å². The molecule has 2 aromatic carbocycles. The summed E-state index contributed by atoms with van der Waals surface area (Å²) in [5.74, 6) is 1.78. The first-order chi connectivity index (χ1) is 12.7. The zero-order chi connectivity index (χ0) is 17.9. The average Bonchev–Trinajstić information content (AvgIpc) is 3.15. The predicted molar refractivity (Wildman–Crippen MR) is 100 cm³/mol. The van der Waals surface area contributed by atoms with Gasteiger partial charge in [0, 0.05) is 28.3 Å². The van der Waals surface area contributed by atoms with Crippen molar-refractivity contribution in [1.82, 2.24) is 15.2 Å². The second-order valence-electron chi connectivity index (χ2n) is 5.59. The molecule has 0 saturated carbocycles. The molecule has 0 aliphatic heterocycles. The van der Waals surface area contributed by atoms with Crippen LogP contribution in [0.25, 0.3) is 22.4 Å². The highest BCUT2D eigenvalue weighted by Gasteiger charge is 2.11. The van der Waals surface area contributed by atoms with Crippen LogP contribution in [0.3, 0.4) is 0 Å². The maximum absolute atomic E-state index is 11.8. The number of aromatic nitrogens is 3. The van der Waals surface area contributed by atoms with Crippen LogP contribution in [-0.2, 0) is 5.75 Å². The molecule has 4 aromatic rings. The molecule has 26 heavy (non-hydrogen) atoms. The number of methoxy groups -OCH3 is 1. The highest BCUT2D eigenvalue weighted by molar-refractivity contribution is 7.98. The second kappa shape index (κ2) is 7.05. The number of ether oxygens (including phenoxy) is 1. The highest BCUT2D eigenvalue weighted by Crippen LogP contribution is 2.28. The van der Waals surface area contributed by atoms with Gasteiger partial charge in [-0.3, -0.25) is 4.79 Å². The second-order valence-corrected chi connectivity index (χ2v) is 6.52. The van der Waals surface area contributed by atoms with Gasteiger partial charge in [0.25, 0.3) is 5.22 Å². The van der Waals surface area contributed by atoms with Crippen molar-refractivity contribution in [3.8, 4) is 17.2 Å². The van der Waals surface area contributed by atoms with Crippen LogP contribution >= 0.6 is 11.8 Å². The van der Waals surface area contributed by atoms with Crippen LogP contribution in [0.1, 0.15) is 5.56 Å². The summed E-state index contributed by atoms with van der Waals surface area (Å²) in [6.07, 6.45) is 0. The molecule has 4 rings (SSSR count). The third-order valence-electron chi connectivity index (χ3n) is 3.93. The fourth-order valence-electron chi connectivity index (χ4n) is 2.65.